The molecule has 0 aromatic rings. The average molecular weight is 600 g/mol. The van der Waals surface area contributed by atoms with Crippen LogP contribution in [0.5, 0.6) is 0 Å². The van der Waals surface area contributed by atoms with E-state index in [2.05, 4.69) is 34.6 Å². The molecule has 6 aliphatic carbocycles. The molecule has 7 heteroatoms. The molecule has 8 rings (SSSR count). The molecule has 5 unspecified atom stereocenters. The summed E-state index contributed by atoms with van der Waals surface area (Å²) in [5.74, 6) is 2.80. The minimum Gasteiger partial charge on any atom is -0.394 e. The molecule has 2 saturated heterocycles. The van der Waals surface area contributed by atoms with Crippen LogP contribution in [-0.2, 0) is 19.0 Å². The van der Waals surface area contributed by atoms with Gasteiger partial charge < -0.3 is 29.3 Å². The number of ether oxygens (including phenoxy) is 3. The molecule has 2 heterocycles. The number of aliphatic hydroxyl groups excluding tert-OH is 2. The Kier molecular flexibility index (Phi) is 6.66. The van der Waals surface area contributed by atoms with Crippen LogP contribution in [0.1, 0.15) is 105 Å². The number of fused-ring (bicyclic) bond motifs is 4. The van der Waals surface area contributed by atoms with Crippen molar-refractivity contribution in [3.8, 4) is 0 Å². The fourth-order valence-electron chi connectivity index (χ4n) is 13.6. The number of aliphatic hydroxyl groups is 2. The first-order valence-electron chi connectivity index (χ1n) is 17.9. The number of carbonyl (C=O) groups is 1. The number of carbonyl (C=O) groups excluding carboxylic acids is 1. The van der Waals surface area contributed by atoms with E-state index < -0.39 is 6.10 Å². The van der Waals surface area contributed by atoms with Gasteiger partial charge in [-0.1, -0.05) is 34.6 Å². The van der Waals surface area contributed by atoms with Gasteiger partial charge >= 0.3 is 0 Å². The van der Waals surface area contributed by atoms with E-state index >= 15 is 0 Å². The molecule has 0 aromatic carbocycles. The second-order valence-electron chi connectivity index (χ2n) is 17.7. The highest BCUT2D eigenvalue weighted by Crippen LogP contribution is 2.89. The molecular formula is C36H57NO6. The number of hydrogen-bond acceptors (Lipinski definition) is 6. The van der Waals surface area contributed by atoms with Gasteiger partial charge in [-0.15, -0.1) is 0 Å². The maximum Gasteiger partial charge on any atom is 0.223 e. The Morgan fingerprint density at radius 2 is 1.74 bits per heavy atom. The van der Waals surface area contributed by atoms with Gasteiger partial charge in [-0.05, 0) is 115 Å². The molecule has 1 amide bonds. The Morgan fingerprint density at radius 1 is 1.00 bits per heavy atom. The lowest BCUT2D eigenvalue weighted by Crippen LogP contribution is -2.60. The molecule has 2 N–H and O–H groups in total. The standard InChI is InChI=1S/C36H57NO6/c1-21-16-23(19-38)42-30-29(21)33(4)12-13-36-20-35(36)11-10-26(32(2,3)24(35)8-9-25(36)34(33,5)31(30)40)43-28-18-37(14-15-41-28)27(39)17-22-6-7-22/h21-26,28-31,38,40H,6-20H2,1-5H3/t21-,23?,24+,25+,26+,28?,29?,30?,31+,33-,34-,35-,36?/m1/s1. The molecule has 7 nitrogen and oxygen atoms in total. The zero-order valence-corrected chi connectivity index (χ0v) is 27.4. The van der Waals surface area contributed by atoms with Crippen molar-refractivity contribution in [2.75, 3.05) is 26.3 Å². The Labute approximate surface area is 258 Å². The first kappa shape index (κ1) is 29.7. The predicted octanol–water partition coefficient (Wildman–Crippen LogP) is 5.16. The van der Waals surface area contributed by atoms with E-state index in [1.165, 1.54) is 51.4 Å². The van der Waals surface area contributed by atoms with Crippen LogP contribution in [0.3, 0.4) is 0 Å². The summed E-state index contributed by atoms with van der Waals surface area (Å²) in [6, 6.07) is 0. The van der Waals surface area contributed by atoms with E-state index in [4.69, 9.17) is 14.2 Å². The summed E-state index contributed by atoms with van der Waals surface area (Å²) in [6.07, 6.45) is 11.4. The van der Waals surface area contributed by atoms with Crippen LogP contribution >= 0.6 is 0 Å². The van der Waals surface area contributed by atoms with Crippen LogP contribution < -0.4 is 0 Å². The molecule has 242 valence electrons. The highest BCUT2D eigenvalue weighted by Gasteiger charge is 2.84. The van der Waals surface area contributed by atoms with Crippen molar-refractivity contribution in [2.45, 2.75) is 136 Å². The monoisotopic (exact) mass is 599 g/mol. The fourth-order valence-corrected chi connectivity index (χ4v) is 13.6. The number of amides is 1. The lowest BCUT2D eigenvalue weighted by atomic mass is 9.41. The summed E-state index contributed by atoms with van der Waals surface area (Å²) in [4.78, 5) is 14.8. The van der Waals surface area contributed by atoms with E-state index in [9.17, 15) is 15.0 Å². The highest BCUT2D eigenvalue weighted by molar-refractivity contribution is 5.76. The van der Waals surface area contributed by atoms with E-state index in [1.54, 1.807) is 0 Å². The van der Waals surface area contributed by atoms with E-state index in [-0.39, 0.29) is 53.4 Å². The molecule has 0 aromatic heterocycles. The van der Waals surface area contributed by atoms with Gasteiger partial charge in [0.05, 0.1) is 44.2 Å². The maximum atomic E-state index is 12.8. The molecular weight excluding hydrogens is 542 g/mol. The number of nitrogens with zero attached hydrogens (tertiary/aromatic N) is 1. The SMILES string of the molecule is C[C@@H]1CC(CO)OC2C1[C@@]1(C)CCC34C[C@@]35CC[C@H](OC3CN(C(=O)CC6CC6)CCO3)C(C)(C)[C@@H]5CC[C@H]4[C@]1(C)[C@H]2O. The van der Waals surface area contributed by atoms with Crippen molar-refractivity contribution in [1.29, 1.82) is 0 Å². The van der Waals surface area contributed by atoms with Crippen LogP contribution in [0.25, 0.3) is 0 Å². The Hall–Kier alpha value is -0.730. The summed E-state index contributed by atoms with van der Waals surface area (Å²) in [5.41, 5.74) is 0.578. The topological polar surface area (TPSA) is 88.5 Å². The summed E-state index contributed by atoms with van der Waals surface area (Å²) >= 11 is 0. The lowest BCUT2D eigenvalue weighted by molar-refractivity contribution is -0.248. The Morgan fingerprint density at radius 3 is 2.49 bits per heavy atom. The Balaban J connectivity index is 1.01. The third-order valence-electron chi connectivity index (χ3n) is 15.9. The molecule has 6 saturated carbocycles. The molecule has 0 bridgehead atoms. The fraction of sp³-hybridized carbons (Fsp3) is 0.972. The molecule has 13 atom stereocenters. The van der Waals surface area contributed by atoms with Crippen LogP contribution in [0, 0.1) is 56.7 Å². The second-order valence-corrected chi connectivity index (χ2v) is 17.7. The van der Waals surface area contributed by atoms with Crippen molar-refractivity contribution >= 4 is 5.91 Å². The minimum atomic E-state index is -0.475. The predicted molar refractivity (Wildman–Crippen MR) is 162 cm³/mol. The van der Waals surface area contributed by atoms with E-state index in [0.717, 1.165) is 12.8 Å². The van der Waals surface area contributed by atoms with Gasteiger partial charge in [-0.25, -0.2) is 0 Å². The number of rotatable bonds is 5. The van der Waals surface area contributed by atoms with Crippen molar-refractivity contribution in [3.63, 3.8) is 0 Å². The van der Waals surface area contributed by atoms with Crippen LogP contribution in [-0.4, -0.2) is 78.0 Å². The van der Waals surface area contributed by atoms with Gasteiger partial charge in [0.2, 0.25) is 5.91 Å². The van der Waals surface area contributed by atoms with Crippen molar-refractivity contribution < 1.29 is 29.2 Å². The minimum absolute atomic E-state index is 0.0340. The van der Waals surface area contributed by atoms with Gasteiger partial charge in [0, 0.05) is 18.4 Å². The first-order chi connectivity index (χ1) is 20.4. The lowest BCUT2D eigenvalue weighted by Gasteiger charge is -2.64. The first-order valence-corrected chi connectivity index (χ1v) is 17.9. The molecule has 43 heavy (non-hydrogen) atoms. The van der Waals surface area contributed by atoms with Gasteiger partial charge in [0.1, 0.15) is 0 Å². The molecule has 8 fully saturated rings. The average Bonchev–Trinajstić information content (AvgIpc) is 3.90. The van der Waals surface area contributed by atoms with Crippen LogP contribution in [0.15, 0.2) is 0 Å². The molecule has 0 radical (unpaired) electrons. The summed E-state index contributed by atoms with van der Waals surface area (Å²) in [7, 11) is 0. The molecule has 2 aliphatic heterocycles. The third-order valence-corrected chi connectivity index (χ3v) is 15.9. The largest absolute Gasteiger partial charge is 0.394 e. The van der Waals surface area contributed by atoms with Crippen molar-refractivity contribution in [2.24, 2.45) is 56.7 Å². The summed E-state index contributed by atoms with van der Waals surface area (Å²) in [5, 5.41) is 22.2. The van der Waals surface area contributed by atoms with Gasteiger partial charge in [0.25, 0.3) is 0 Å². The van der Waals surface area contributed by atoms with Gasteiger partial charge in [-0.3, -0.25) is 4.79 Å². The molecule has 8 aliphatic rings. The van der Waals surface area contributed by atoms with Crippen molar-refractivity contribution in [1.82, 2.24) is 4.90 Å². The number of hydrogen-bond donors (Lipinski definition) is 2. The normalized spacial score (nSPS) is 55.0. The number of morpholine rings is 1. The van der Waals surface area contributed by atoms with E-state index in [1.807, 2.05) is 4.90 Å². The quantitative estimate of drug-likeness (QED) is 0.454. The van der Waals surface area contributed by atoms with Crippen LogP contribution in [0.2, 0.25) is 0 Å². The van der Waals surface area contributed by atoms with Crippen LogP contribution in [0.4, 0.5) is 0 Å². The second kappa shape index (κ2) is 9.65. The summed E-state index contributed by atoms with van der Waals surface area (Å²) < 4.78 is 19.4. The van der Waals surface area contributed by atoms with Gasteiger partial charge in [-0.2, -0.15) is 0 Å². The third kappa shape index (κ3) is 3.87. The summed E-state index contributed by atoms with van der Waals surface area (Å²) in [6.45, 7) is 14.0. The van der Waals surface area contributed by atoms with Gasteiger partial charge in [0.15, 0.2) is 6.29 Å². The van der Waals surface area contributed by atoms with E-state index in [0.29, 0.717) is 66.5 Å². The smallest absolute Gasteiger partial charge is 0.223 e. The van der Waals surface area contributed by atoms with Crippen molar-refractivity contribution in [3.05, 3.63) is 0 Å². The maximum absolute atomic E-state index is 12.8. The highest BCUT2D eigenvalue weighted by atomic mass is 16.7. The molecule has 2 spiro atoms. The zero-order valence-electron chi connectivity index (χ0n) is 27.4. The zero-order chi connectivity index (χ0) is 30.2. The Bertz CT molecular complexity index is 1140.